The van der Waals surface area contributed by atoms with Crippen LogP contribution in [0.4, 0.5) is 0 Å². The van der Waals surface area contributed by atoms with Gasteiger partial charge in [0.1, 0.15) is 0 Å². The van der Waals surface area contributed by atoms with Gasteiger partial charge in [0, 0.05) is 25.5 Å². The zero-order valence-corrected chi connectivity index (χ0v) is 9.95. The molecule has 4 heteroatoms. The van der Waals surface area contributed by atoms with Gasteiger partial charge in [0.2, 0.25) is 0 Å². The third-order valence-electron chi connectivity index (χ3n) is 2.40. The molecule has 16 heavy (non-hydrogen) atoms. The first kappa shape index (κ1) is 13.1. The number of nitrogens with zero attached hydrogens (tertiary/aromatic N) is 2. The summed E-state index contributed by atoms with van der Waals surface area (Å²) in [6.45, 7) is 4.03. The first-order valence-corrected chi connectivity index (χ1v) is 5.92. The number of hydrogen-bond acceptors (Lipinski definition) is 4. The molecule has 0 unspecified atom stereocenters. The van der Waals surface area contributed by atoms with Crippen LogP contribution in [0.25, 0.3) is 0 Å². The van der Waals surface area contributed by atoms with Crippen LogP contribution < -0.4 is 5.32 Å². The second-order valence-corrected chi connectivity index (χ2v) is 3.96. The molecule has 1 heterocycles. The number of aliphatic hydroxyl groups is 1. The number of rotatable bonds is 8. The molecule has 90 valence electrons. The van der Waals surface area contributed by atoms with Crippen LogP contribution in [-0.2, 0) is 6.54 Å². The highest BCUT2D eigenvalue weighted by atomic mass is 16.2. The monoisotopic (exact) mass is 223 g/mol. The zero-order valence-electron chi connectivity index (χ0n) is 9.95. The number of unbranched alkanes of at least 4 members (excludes halogenated alkanes) is 3. The van der Waals surface area contributed by atoms with Gasteiger partial charge in [-0.2, -0.15) is 0 Å². The standard InChI is InChI=1S/C12H21N3O/c1-11-8-15-12(10-14-11)9-13-6-4-2-3-5-7-16/h8,10,13,16H,2-7,9H2,1H3. The van der Waals surface area contributed by atoms with Crippen molar-refractivity contribution >= 4 is 0 Å². The van der Waals surface area contributed by atoms with E-state index in [-0.39, 0.29) is 0 Å². The van der Waals surface area contributed by atoms with Crippen molar-refractivity contribution < 1.29 is 5.11 Å². The number of nitrogens with one attached hydrogen (secondary N) is 1. The molecule has 0 aliphatic heterocycles. The Morgan fingerprint density at radius 1 is 1.12 bits per heavy atom. The van der Waals surface area contributed by atoms with Gasteiger partial charge in [-0.1, -0.05) is 12.8 Å². The lowest BCUT2D eigenvalue weighted by Crippen LogP contribution is -2.15. The van der Waals surface area contributed by atoms with Gasteiger partial charge in [0.15, 0.2) is 0 Å². The summed E-state index contributed by atoms with van der Waals surface area (Å²) in [5.74, 6) is 0. The molecule has 0 bridgehead atoms. The van der Waals surface area contributed by atoms with Crippen LogP contribution in [0, 0.1) is 6.92 Å². The molecule has 0 aliphatic rings. The predicted octanol–water partition coefficient (Wildman–Crippen LogP) is 1.43. The molecule has 2 N–H and O–H groups in total. The molecule has 0 amide bonds. The van der Waals surface area contributed by atoms with Crippen molar-refractivity contribution in [1.82, 2.24) is 15.3 Å². The van der Waals surface area contributed by atoms with Gasteiger partial charge in [-0.15, -0.1) is 0 Å². The second kappa shape index (κ2) is 8.19. The second-order valence-electron chi connectivity index (χ2n) is 3.96. The van der Waals surface area contributed by atoms with E-state index in [9.17, 15) is 0 Å². The van der Waals surface area contributed by atoms with Crippen LogP contribution in [-0.4, -0.2) is 28.2 Å². The van der Waals surface area contributed by atoms with Crippen molar-refractivity contribution in [3.8, 4) is 0 Å². The Kier molecular flexibility index (Phi) is 6.69. The third kappa shape index (κ3) is 5.78. The minimum absolute atomic E-state index is 0.312. The molecule has 0 aromatic carbocycles. The molecule has 1 aromatic rings. The van der Waals surface area contributed by atoms with Gasteiger partial charge in [-0.25, -0.2) is 0 Å². The Morgan fingerprint density at radius 2 is 1.94 bits per heavy atom. The maximum atomic E-state index is 8.61. The lowest BCUT2D eigenvalue weighted by Gasteiger charge is -2.04. The van der Waals surface area contributed by atoms with Crippen molar-refractivity contribution in [3.05, 3.63) is 23.8 Å². The van der Waals surface area contributed by atoms with Gasteiger partial charge in [0.25, 0.3) is 0 Å². The molecule has 0 atom stereocenters. The maximum Gasteiger partial charge on any atom is 0.0724 e. The first-order valence-electron chi connectivity index (χ1n) is 5.92. The molecular weight excluding hydrogens is 202 g/mol. The fourth-order valence-electron chi connectivity index (χ4n) is 1.44. The third-order valence-corrected chi connectivity index (χ3v) is 2.40. The lowest BCUT2D eigenvalue weighted by atomic mass is 10.2. The summed E-state index contributed by atoms with van der Waals surface area (Å²) >= 11 is 0. The van der Waals surface area contributed by atoms with Crippen molar-refractivity contribution in [3.63, 3.8) is 0 Å². The van der Waals surface area contributed by atoms with E-state index in [2.05, 4.69) is 15.3 Å². The highest BCUT2D eigenvalue weighted by Gasteiger charge is 1.94. The maximum absolute atomic E-state index is 8.61. The van der Waals surface area contributed by atoms with Crippen molar-refractivity contribution in [1.29, 1.82) is 0 Å². The van der Waals surface area contributed by atoms with Crippen molar-refractivity contribution in [2.75, 3.05) is 13.2 Å². The molecule has 0 saturated carbocycles. The Labute approximate surface area is 97.1 Å². The smallest absolute Gasteiger partial charge is 0.0724 e. The Hall–Kier alpha value is -1.00. The SMILES string of the molecule is Cc1cnc(CNCCCCCCO)cn1. The molecule has 1 aromatic heterocycles. The minimum atomic E-state index is 0.312. The van der Waals surface area contributed by atoms with Gasteiger partial charge >= 0.3 is 0 Å². The van der Waals surface area contributed by atoms with E-state index < -0.39 is 0 Å². The lowest BCUT2D eigenvalue weighted by molar-refractivity contribution is 0.282. The largest absolute Gasteiger partial charge is 0.396 e. The van der Waals surface area contributed by atoms with Crippen LogP contribution in [0.5, 0.6) is 0 Å². The van der Waals surface area contributed by atoms with Gasteiger partial charge in [0.05, 0.1) is 11.4 Å². The van der Waals surface area contributed by atoms with Crippen LogP contribution in [0.2, 0.25) is 0 Å². The molecule has 0 fully saturated rings. The highest BCUT2D eigenvalue weighted by Crippen LogP contribution is 1.98. The summed E-state index contributed by atoms with van der Waals surface area (Å²) in [5.41, 5.74) is 1.94. The van der Waals surface area contributed by atoms with Crippen molar-refractivity contribution in [2.24, 2.45) is 0 Å². The Balaban J connectivity index is 2.01. The van der Waals surface area contributed by atoms with Crippen LogP contribution in [0.15, 0.2) is 12.4 Å². The average molecular weight is 223 g/mol. The summed E-state index contributed by atoms with van der Waals surface area (Å²) in [5, 5.41) is 11.9. The summed E-state index contributed by atoms with van der Waals surface area (Å²) in [7, 11) is 0. The fraction of sp³-hybridized carbons (Fsp3) is 0.667. The molecule has 1 rings (SSSR count). The number of aromatic nitrogens is 2. The van der Waals surface area contributed by atoms with E-state index in [1.165, 1.54) is 6.42 Å². The van der Waals surface area contributed by atoms with Crippen LogP contribution >= 0.6 is 0 Å². The molecule has 4 nitrogen and oxygen atoms in total. The highest BCUT2D eigenvalue weighted by molar-refractivity contribution is 4.99. The summed E-state index contributed by atoms with van der Waals surface area (Å²) in [6, 6.07) is 0. The normalized spacial score (nSPS) is 10.6. The fourth-order valence-corrected chi connectivity index (χ4v) is 1.44. The van der Waals surface area contributed by atoms with E-state index in [1.807, 2.05) is 13.1 Å². The van der Waals surface area contributed by atoms with Crippen molar-refractivity contribution in [2.45, 2.75) is 39.2 Å². The topological polar surface area (TPSA) is 58.0 Å². The molecule has 0 radical (unpaired) electrons. The Bertz CT molecular complexity index is 274. The number of aliphatic hydroxyl groups excluding tert-OH is 1. The van der Waals surface area contributed by atoms with E-state index >= 15 is 0 Å². The van der Waals surface area contributed by atoms with Crippen LogP contribution in [0.3, 0.4) is 0 Å². The predicted molar refractivity (Wildman–Crippen MR) is 64.0 cm³/mol. The number of hydrogen-bond donors (Lipinski definition) is 2. The van der Waals surface area contributed by atoms with E-state index in [0.29, 0.717) is 6.61 Å². The van der Waals surface area contributed by atoms with Gasteiger partial charge in [-0.05, 0) is 26.3 Å². The van der Waals surface area contributed by atoms with E-state index in [0.717, 1.165) is 43.7 Å². The van der Waals surface area contributed by atoms with Crippen LogP contribution in [0.1, 0.15) is 37.1 Å². The zero-order chi connectivity index (χ0) is 11.6. The quantitative estimate of drug-likeness (QED) is 0.655. The number of aryl methyl sites for hydroxylation is 1. The molecule has 0 aliphatic carbocycles. The molecule has 0 saturated heterocycles. The Morgan fingerprint density at radius 3 is 2.62 bits per heavy atom. The first-order chi connectivity index (χ1) is 7.83. The van der Waals surface area contributed by atoms with E-state index in [1.54, 1.807) is 6.20 Å². The summed E-state index contributed by atoms with van der Waals surface area (Å²) in [4.78, 5) is 8.46. The summed E-state index contributed by atoms with van der Waals surface area (Å²) < 4.78 is 0. The molecule has 0 spiro atoms. The van der Waals surface area contributed by atoms with Gasteiger partial charge < -0.3 is 10.4 Å². The minimum Gasteiger partial charge on any atom is -0.396 e. The van der Waals surface area contributed by atoms with E-state index in [4.69, 9.17) is 5.11 Å². The average Bonchev–Trinajstić information content (AvgIpc) is 2.30. The summed E-state index contributed by atoms with van der Waals surface area (Å²) in [6.07, 6.45) is 7.96. The molecular formula is C12H21N3O. The van der Waals surface area contributed by atoms with Gasteiger partial charge in [-0.3, -0.25) is 9.97 Å².